The molecule has 0 rings (SSSR count). The Bertz CT molecular complexity index is 28.5. The summed E-state index contributed by atoms with van der Waals surface area (Å²) in [6, 6.07) is 0. The Morgan fingerprint density at radius 1 is 1.33 bits per heavy atom. The summed E-state index contributed by atoms with van der Waals surface area (Å²) in [6.45, 7) is 0. The molecule has 0 spiro atoms. The summed E-state index contributed by atoms with van der Waals surface area (Å²) in [4.78, 5) is 0. The maximum absolute atomic E-state index is 8.52. The molecule has 0 aliphatic rings. The van der Waals surface area contributed by atoms with Gasteiger partial charge in [0.25, 0.3) is 0 Å². The Morgan fingerprint density at radius 3 is 1.33 bits per heavy atom. The van der Waals surface area contributed by atoms with Crippen LogP contribution in [0.1, 0.15) is 0 Å². The van der Waals surface area contributed by atoms with Gasteiger partial charge in [0.15, 0.2) is 0 Å². The van der Waals surface area contributed by atoms with E-state index in [0.717, 1.165) is 0 Å². The van der Waals surface area contributed by atoms with Gasteiger partial charge in [-0.3, -0.25) is 0 Å². The van der Waals surface area contributed by atoms with E-state index in [0.29, 0.717) is 0 Å². The molecule has 6 heteroatoms. The second-order valence-corrected chi connectivity index (χ2v) is 0.779. The number of hydrogen-bond acceptors (Lipinski definition) is 3. The number of rotatable bonds is 0. The average molecular weight is 176 g/mol. The van der Waals surface area contributed by atoms with Gasteiger partial charge in [0.1, 0.15) is 0 Å². The van der Waals surface area contributed by atoms with Crippen molar-refractivity contribution in [3.05, 3.63) is 0 Å². The zero-order chi connectivity index (χ0) is 3.58. The van der Waals surface area contributed by atoms with Gasteiger partial charge in [-0.05, 0) is 0 Å². The van der Waals surface area contributed by atoms with Crippen LogP contribution in [0, 0.1) is 0 Å². The maximum atomic E-state index is 8.52. The summed E-state index contributed by atoms with van der Waals surface area (Å²) in [5.74, 6) is 0. The standard InChI is InChI=1S/2Mn.H2O.3O/h;;1H2;;;/q;+2;;;2*-1. The van der Waals surface area contributed by atoms with Crippen molar-refractivity contribution in [2.75, 3.05) is 0 Å². The monoisotopic (exact) mass is 176 g/mol. The molecular weight excluding hydrogens is 174 g/mol. The van der Waals surface area contributed by atoms with Crippen LogP contribution in [0.25, 0.3) is 0 Å². The first-order valence-electron chi connectivity index (χ1n) is 0.463. The Labute approximate surface area is 49.7 Å². The van der Waals surface area contributed by atoms with Crippen molar-refractivity contribution in [2.45, 2.75) is 0 Å². The second kappa shape index (κ2) is 9.21. The fourth-order valence-electron chi connectivity index (χ4n) is 0. The molecule has 0 amide bonds. The van der Waals surface area contributed by atoms with Gasteiger partial charge in [-0.1, -0.05) is 0 Å². The molecule has 0 unspecified atom stereocenters. The average Bonchev–Trinajstić information content (AvgIpc) is 0.811. The van der Waals surface area contributed by atoms with Crippen LogP contribution in [0.2, 0.25) is 0 Å². The fourth-order valence-corrected chi connectivity index (χ4v) is 0. The molecule has 0 bridgehead atoms. The van der Waals surface area contributed by atoms with Crippen molar-refractivity contribution >= 4 is 0 Å². The molecule has 6 heavy (non-hydrogen) atoms. The minimum absolute atomic E-state index is 0. The van der Waals surface area contributed by atoms with Crippen molar-refractivity contribution in [2.24, 2.45) is 0 Å². The van der Waals surface area contributed by atoms with Crippen molar-refractivity contribution < 1.29 is 49.2 Å². The van der Waals surface area contributed by atoms with E-state index < -0.39 is 14.5 Å². The molecule has 0 aliphatic carbocycles. The fraction of sp³-hybridized carbons (Fsp3) is 0. The van der Waals surface area contributed by atoms with Crippen molar-refractivity contribution in [1.82, 2.24) is 0 Å². The van der Waals surface area contributed by atoms with E-state index in [-0.39, 0.29) is 22.5 Å². The third-order valence-corrected chi connectivity index (χ3v) is 0. The molecule has 0 saturated carbocycles. The molecule has 0 aliphatic heterocycles. The van der Waals surface area contributed by atoms with Crippen molar-refractivity contribution in [1.29, 1.82) is 0 Å². The molecule has 1 radical (unpaired) electrons. The summed E-state index contributed by atoms with van der Waals surface area (Å²) in [5, 5.41) is 0. The third kappa shape index (κ3) is 126. The molecule has 4 nitrogen and oxygen atoms in total. The molecule has 0 fully saturated rings. The van der Waals surface area contributed by atoms with Gasteiger partial charge in [0, 0.05) is 0 Å². The van der Waals surface area contributed by atoms with Crippen LogP contribution in [0.5, 0.6) is 0 Å². The first kappa shape index (κ1) is 15.9. The summed E-state index contributed by atoms with van der Waals surface area (Å²) in [5.41, 5.74) is 0. The van der Waals surface area contributed by atoms with E-state index in [4.69, 9.17) is 12.2 Å². The van der Waals surface area contributed by atoms with Crippen LogP contribution in [0.3, 0.4) is 0 Å². The van der Waals surface area contributed by atoms with E-state index >= 15 is 0 Å². The van der Waals surface area contributed by atoms with E-state index in [1.54, 1.807) is 0 Å². The van der Waals surface area contributed by atoms with Crippen LogP contribution in [0.15, 0.2) is 0 Å². The molecule has 0 aromatic carbocycles. The van der Waals surface area contributed by atoms with Crippen LogP contribution in [-0.2, 0) is 35.4 Å². The van der Waals surface area contributed by atoms with Gasteiger partial charge in [0.05, 0.1) is 0 Å². The predicted molar refractivity (Wildman–Crippen MR) is 4.30 cm³/mol. The van der Waals surface area contributed by atoms with E-state index in [1.165, 1.54) is 0 Å². The molecule has 0 heterocycles. The molecule has 0 aromatic heterocycles. The quantitative estimate of drug-likeness (QED) is 0.361. The topological polar surface area (TPSA) is 94.7 Å². The molecule has 0 aromatic rings. The summed E-state index contributed by atoms with van der Waals surface area (Å²) in [6.07, 6.45) is 0. The van der Waals surface area contributed by atoms with Gasteiger partial charge in [-0.25, -0.2) is 0 Å². The van der Waals surface area contributed by atoms with E-state index in [2.05, 4.69) is 0 Å². The normalized spacial score (nSPS) is 5.83. The van der Waals surface area contributed by atoms with Crippen LogP contribution in [-0.4, -0.2) is 5.48 Å². The SMILES string of the molecule is O.[Mn+2].[O]=[Mn]([O-])[O-]. The van der Waals surface area contributed by atoms with Crippen LogP contribution in [0.4, 0.5) is 0 Å². The van der Waals surface area contributed by atoms with Gasteiger partial charge >= 0.3 is 43.8 Å². The van der Waals surface area contributed by atoms with E-state index in [1.807, 2.05) is 0 Å². The minimum atomic E-state index is -3.65. The Kier molecular flexibility index (Phi) is 24.4. The van der Waals surface area contributed by atoms with Gasteiger partial charge in [0.2, 0.25) is 0 Å². The molecular formula is H2Mn2O4. The van der Waals surface area contributed by atoms with Crippen LogP contribution >= 0.6 is 0 Å². The first-order valence-corrected chi connectivity index (χ1v) is 1.91. The van der Waals surface area contributed by atoms with Crippen LogP contribution < -0.4 is 8.38 Å². The third-order valence-electron chi connectivity index (χ3n) is 0. The summed E-state index contributed by atoms with van der Waals surface area (Å²) >= 11 is -3.65. The Morgan fingerprint density at radius 2 is 1.33 bits per heavy atom. The van der Waals surface area contributed by atoms with Crippen molar-refractivity contribution in [3.8, 4) is 0 Å². The van der Waals surface area contributed by atoms with Gasteiger partial charge in [-0.15, -0.1) is 0 Å². The zero-order valence-electron chi connectivity index (χ0n) is 2.48. The molecule has 40 valence electrons. The first-order chi connectivity index (χ1) is 1.73. The summed E-state index contributed by atoms with van der Waals surface area (Å²) in [7, 11) is 0. The number of hydrogen-bond donors (Lipinski definition) is 0. The van der Waals surface area contributed by atoms with Crippen molar-refractivity contribution in [3.63, 3.8) is 0 Å². The second-order valence-electron chi connectivity index (χ2n) is 0.189. The zero-order valence-corrected chi connectivity index (χ0v) is 4.84. The van der Waals surface area contributed by atoms with E-state index in [9.17, 15) is 0 Å². The molecule has 2 N–H and O–H groups in total. The molecule has 0 saturated heterocycles. The van der Waals surface area contributed by atoms with Gasteiger partial charge < -0.3 is 5.48 Å². The Hall–Kier alpha value is 0.719. The van der Waals surface area contributed by atoms with Gasteiger partial charge in [-0.2, -0.15) is 0 Å². The predicted octanol–water partition coefficient (Wildman–Crippen LogP) is -3.33. The summed E-state index contributed by atoms with van der Waals surface area (Å²) < 4.78 is 25.6. The Balaban J connectivity index is -0.0000000450. The molecule has 0 atom stereocenters.